The minimum Gasteiger partial charge on any atom is -0.512 e. The van der Waals surface area contributed by atoms with E-state index in [1.54, 1.807) is 0 Å². The van der Waals surface area contributed by atoms with Gasteiger partial charge in [-0.05, 0) is 6.42 Å². The van der Waals surface area contributed by atoms with Crippen LogP contribution in [-0.4, -0.2) is 26.4 Å². The average molecular weight is 233 g/mol. The third-order valence-electron chi connectivity index (χ3n) is 4.09. The zero-order valence-electron chi connectivity index (χ0n) is 10.2. The van der Waals surface area contributed by atoms with E-state index in [0.29, 0.717) is 0 Å². The van der Waals surface area contributed by atoms with E-state index >= 15 is 0 Å². The summed E-state index contributed by atoms with van der Waals surface area (Å²) in [4.78, 5) is 1.50. The van der Waals surface area contributed by atoms with Crippen molar-refractivity contribution >= 4 is 6.69 Å². The molecule has 3 nitrogen and oxygen atoms in total. The molecule has 1 spiro atoms. The smallest absolute Gasteiger partial charge is 0.471 e. The predicted octanol–water partition coefficient (Wildman–Crippen LogP) is 0.851. The fourth-order valence-corrected chi connectivity index (χ4v) is 3.22. The van der Waals surface area contributed by atoms with Gasteiger partial charge in [0.05, 0.1) is 6.54 Å². The maximum atomic E-state index is 5.97. The molecule has 2 fully saturated rings. The molecule has 0 bridgehead atoms. The molecular weight excluding hydrogens is 213 g/mol. The van der Waals surface area contributed by atoms with Crippen LogP contribution in [0.5, 0.6) is 0 Å². The van der Waals surface area contributed by atoms with Crippen LogP contribution >= 0.6 is 0 Å². The first-order valence-electron chi connectivity index (χ1n) is 6.72. The summed E-state index contributed by atoms with van der Waals surface area (Å²) < 4.78 is 11.9. The standard InChI is InChI=1S/C13H20BNO2/c1-2-6-13(7-3-1)12-15-9-5-4-8-14(15)16-10-11-17-14/h1-3,6-7,15H,4-5,8-12H2. The number of hydrogen-bond donors (Lipinski definition) is 1. The van der Waals surface area contributed by atoms with Gasteiger partial charge in [-0.3, -0.25) is 0 Å². The van der Waals surface area contributed by atoms with Crippen LogP contribution in [0.4, 0.5) is 0 Å². The van der Waals surface area contributed by atoms with Gasteiger partial charge in [-0.2, -0.15) is 0 Å². The molecule has 2 aliphatic rings. The Morgan fingerprint density at radius 1 is 1.06 bits per heavy atom. The van der Waals surface area contributed by atoms with Crippen LogP contribution < -0.4 is 4.81 Å². The maximum absolute atomic E-state index is 5.97. The predicted molar refractivity (Wildman–Crippen MR) is 67.7 cm³/mol. The van der Waals surface area contributed by atoms with Crippen LogP contribution in [0.15, 0.2) is 30.3 Å². The molecule has 0 radical (unpaired) electrons. The van der Waals surface area contributed by atoms with E-state index in [0.717, 1.165) is 26.1 Å². The molecule has 0 amide bonds. The lowest BCUT2D eigenvalue weighted by Crippen LogP contribution is -3.23. The molecule has 1 atom stereocenters. The lowest BCUT2D eigenvalue weighted by Gasteiger charge is -2.45. The first kappa shape index (κ1) is 11.3. The average Bonchev–Trinajstić information content (AvgIpc) is 2.83. The molecule has 1 aromatic carbocycles. The Morgan fingerprint density at radius 3 is 2.59 bits per heavy atom. The summed E-state index contributed by atoms with van der Waals surface area (Å²) in [5.41, 5.74) is 1.38. The summed E-state index contributed by atoms with van der Waals surface area (Å²) in [6.45, 7) is 2.71. The molecule has 0 aliphatic carbocycles. The Labute approximate surface area is 103 Å². The molecule has 0 saturated carbocycles. The molecule has 0 aromatic heterocycles. The topological polar surface area (TPSA) is 22.9 Å². The Hall–Kier alpha value is -0.835. The highest BCUT2D eigenvalue weighted by Crippen LogP contribution is 2.19. The third-order valence-corrected chi connectivity index (χ3v) is 4.09. The van der Waals surface area contributed by atoms with Crippen molar-refractivity contribution in [3.63, 3.8) is 0 Å². The van der Waals surface area contributed by atoms with Crippen molar-refractivity contribution in [1.29, 1.82) is 0 Å². The van der Waals surface area contributed by atoms with Gasteiger partial charge in [0.15, 0.2) is 0 Å². The van der Waals surface area contributed by atoms with Crippen LogP contribution in [0.1, 0.15) is 18.4 Å². The number of rotatable bonds is 2. The lowest BCUT2D eigenvalue weighted by molar-refractivity contribution is -0.832. The van der Waals surface area contributed by atoms with Crippen LogP contribution in [0.25, 0.3) is 0 Å². The fraction of sp³-hybridized carbons (Fsp3) is 0.538. The van der Waals surface area contributed by atoms with Crippen molar-refractivity contribution in [1.82, 2.24) is 0 Å². The quantitative estimate of drug-likeness (QED) is 0.765. The summed E-state index contributed by atoms with van der Waals surface area (Å²) >= 11 is 0. The molecule has 2 saturated heterocycles. The van der Waals surface area contributed by atoms with Crippen LogP contribution in [0, 0.1) is 0 Å². The van der Waals surface area contributed by atoms with E-state index in [4.69, 9.17) is 9.31 Å². The largest absolute Gasteiger partial charge is 0.512 e. The summed E-state index contributed by atoms with van der Waals surface area (Å²) in [7, 11) is 0. The van der Waals surface area contributed by atoms with Crippen molar-refractivity contribution in [3.05, 3.63) is 35.9 Å². The fourth-order valence-electron chi connectivity index (χ4n) is 3.22. The van der Waals surface area contributed by atoms with E-state index in [2.05, 4.69) is 30.3 Å². The Morgan fingerprint density at radius 2 is 1.82 bits per heavy atom. The summed E-state index contributed by atoms with van der Waals surface area (Å²) in [5, 5.41) is 0. The monoisotopic (exact) mass is 233 g/mol. The Kier molecular flexibility index (Phi) is 3.18. The van der Waals surface area contributed by atoms with Gasteiger partial charge in [0.25, 0.3) is 0 Å². The maximum Gasteiger partial charge on any atom is 0.471 e. The minimum absolute atomic E-state index is 0.776. The van der Waals surface area contributed by atoms with Crippen molar-refractivity contribution in [2.75, 3.05) is 19.8 Å². The second-order valence-electron chi connectivity index (χ2n) is 5.18. The van der Waals surface area contributed by atoms with Crippen molar-refractivity contribution < 1.29 is 14.1 Å². The van der Waals surface area contributed by atoms with Gasteiger partial charge in [-0.25, -0.2) is 0 Å². The van der Waals surface area contributed by atoms with Gasteiger partial charge in [0, 0.05) is 25.3 Å². The first-order chi connectivity index (χ1) is 8.39. The van der Waals surface area contributed by atoms with E-state index in [-0.39, 0.29) is 0 Å². The molecule has 3 rings (SSSR count). The second kappa shape index (κ2) is 4.80. The highest BCUT2D eigenvalue weighted by atomic mass is 16.7. The molecule has 92 valence electrons. The van der Waals surface area contributed by atoms with Gasteiger partial charge in [-0.15, -0.1) is 0 Å². The molecular formula is C13H20BNO2. The Bertz CT molecular complexity index is 365. The second-order valence-corrected chi connectivity index (χ2v) is 5.18. The number of hydrogen-bond acceptors (Lipinski definition) is 2. The SMILES string of the molecule is c1ccc(C[NH+]2CCCC[B-]23OCCO3)cc1. The third kappa shape index (κ3) is 2.25. The number of quaternary nitrogens is 1. The highest BCUT2D eigenvalue weighted by molar-refractivity contribution is 6.59. The van der Waals surface area contributed by atoms with Crippen LogP contribution in [0.3, 0.4) is 0 Å². The Balaban J connectivity index is 1.76. The first-order valence-corrected chi connectivity index (χ1v) is 6.72. The van der Waals surface area contributed by atoms with Gasteiger partial charge in [0.2, 0.25) is 0 Å². The lowest BCUT2D eigenvalue weighted by atomic mass is 9.61. The highest BCUT2D eigenvalue weighted by Gasteiger charge is 2.46. The zero-order valence-corrected chi connectivity index (χ0v) is 10.2. The van der Waals surface area contributed by atoms with Crippen LogP contribution in [0.2, 0.25) is 6.32 Å². The molecule has 1 aromatic rings. The van der Waals surface area contributed by atoms with E-state index in [9.17, 15) is 0 Å². The normalized spacial score (nSPS) is 27.4. The number of benzene rings is 1. The van der Waals surface area contributed by atoms with E-state index in [1.807, 2.05) is 0 Å². The molecule has 2 heterocycles. The van der Waals surface area contributed by atoms with Gasteiger partial charge in [0.1, 0.15) is 0 Å². The van der Waals surface area contributed by atoms with Gasteiger partial charge < -0.3 is 14.1 Å². The molecule has 2 aliphatic heterocycles. The van der Waals surface area contributed by atoms with Crippen molar-refractivity contribution in [2.24, 2.45) is 0 Å². The minimum atomic E-state index is -1.05. The summed E-state index contributed by atoms with van der Waals surface area (Å²) in [6.07, 6.45) is 3.64. The number of nitrogens with one attached hydrogen (secondary N) is 1. The van der Waals surface area contributed by atoms with E-state index in [1.165, 1.54) is 29.8 Å². The van der Waals surface area contributed by atoms with Crippen LogP contribution in [-0.2, 0) is 15.9 Å². The molecule has 17 heavy (non-hydrogen) atoms. The summed E-state index contributed by atoms with van der Waals surface area (Å²) in [5.74, 6) is 0. The van der Waals surface area contributed by atoms with Gasteiger partial charge >= 0.3 is 6.69 Å². The van der Waals surface area contributed by atoms with E-state index < -0.39 is 6.69 Å². The van der Waals surface area contributed by atoms with Gasteiger partial charge in [-0.1, -0.05) is 43.1 Å². The van der Waals surface area contributed by atoms with Crippen molar-refractivity contribution in [2.45, 2.75) is 25.7 Å². The molecule has 4 heteroatoms. The summed E-state index contributed by atoms with van der Waals surface area (Å²) in [6, 6.07) is 10.7. The molecule has 1 N–H and O–H groups in total. The zero-order chi connectivity index (χ0) is 11.6. The molecule has 1 unspecified atom stereocenters. The van der Waals surface area contributed by atoms with Crippen molar-refractivity contribution in [3.8, 4) is 0 Å².